The number of benzene rings is 1. The Morgan fingerprint density at radius 3 is 2.40 bits per heavy atom. The van der Waals surface area contributed by atoms with Gasteiger partial charge in [0.05, 0.1) is 0 Å². The van der Waals surface area contributed by atoms with Gasteiger partial charge in [0.2, 0.25) is 5.91 Å². The largest absolute Gasteiger partial charge is 0.358 e. The van der Waals surface area contributed by atoms with Crippen LogP contribution in [0, 0.1) is 0 Å². The van der Waals surface area contributed by atoms with Crippen molar-refractivity contribution in [3.8, 4) is 0 Å². The topological polar surface area (TPSA) is 87.5 Å². The minimum atomic E-state index is -0.282. The van der Waals surface area contributed by atoms with E-state index in [1.807, 2.05) is 19.1 Å². The number of hydrogen-bond donors (Lipinski definition) is 3. The van der Waals surface area contributed by atoms with E-state index in [0.717, 1.165) is 12.0 Å². The average Bonchev–Trinajstić information content (AvgIpc) is 2.47. The van der Waals surface area contributed by atoms with E-state index in [1.165, 1.54) is 4.90 Å². The van der Waals surface area contributed by atoms with Gasteiger partial charge in [0, 0.05) is 25.8 Å². The van der Waals surface area contributed by atoms with Crippen LogP contribution in [0.4, 0.5) is 10.5 Å². The predicted molar refractivity (Wildman–Crippen MR) is 79.3 cm³/mol. The fourth-order valence-electron chi connectivity index (χ4n) is 1.70. The third-order valence-electron chi connectivity index (χ3n) is 2.83. The third kappa shape index (κ3) is 4.89. The van der Waals surface area contributed by atoms with Gasteiger partial charge in [-0.15, -0.1) is 0 Å². The van der Waals surface area contributed by atoms with Crippen molar-refractivity contribution >= 4 is 17.6 Å². The van der Waals surface area contributed by atoms with Crippen molar-refractivity contribution in [2.45, 2.75) is 19.9 Å². The van der Waals surface area contributed by atoms with E-state index in [0.29, 0.717) is 18.8 Å². The lowest BCUT2D eigenvalue weighted by Crippen LogP contribution is -2.42. The number of nitrogens with zero attached hydrogens (tertiary/aromatic N) is 1. The number of anilines is 1. The minimum absolute atomic E-state index is 0.0526. The number of nitrogens with one attached hydrogen (secondary N) is 2. The van der Waals surface area contributed by atoms with Crippen molar-refractivity contribution in [2.75, 3.05) is 25.5 Å². The Morgan fingerprint density at radius 1 is 1.25 bits per heavy atom. The first-order valence-electron chi connectivity index (χ1n) is 6.66. The molecule has 0 spiro atoms. The van der Waals surface area contributed by atoms with Gasteiger partial charge in [-0.3, -0.25) is 4.79 Å². The highest BCUT2D eigenvalue weighted by molar-refractivity contribution is 5.92. The molecular formula is C14H22N4O2. The van der Waals surface area contributed by atoms with E-state index < -0.39 is 0 Å². The van der Waals surface area contributed by atoms with Crippen LogP contribution in [0.25, 0.3) is 0 Å². The zero-order valence-electron chi connectivity index (χ0n) is 12.0. The van der Waals surface area contributed by atoms with Crippen LogP contribution in [0.15, 0.2) is 24.3 Å². The van der Waals surface area contributed by atoms with Gasteiger partial charge in [-0.25, -0.2) is 4.79 Å². The lowest BCUT2D eigenvalue weighted by molar-refractivity contribution is -0.121. The first kappa shape index (κ1) is 16.0. The quantitative estimate of drug-likeness (QED) is 0.729. The van der Waals surface area contributed by atoms with Crippen molar-refractivity contribution in [2.24, 2.45) is 5.73 Å². The molecule has 0 saturated heterocycles. The molecule has 0 radical (unpaired) electrons. The first-order chi connectivity index (χ1) is 9.60. The number of rotatable bonds is 6. The molecule has 0 aliphatic rings. The zero-order valence-corrected chi connectivity index (χ0v) is 12.0. The smallest absolute Gasteiger partial charge is 0.322 e. The molecular weight excluding hydrogens is 256 g/mol. The van der Waals surface area contributed by atoms with Crippen molar-refractivity contribution in [1.82, 2.24) is 10.2 Å². The van der Waals surface area contributed by atoms with Crippen molar-refractivity contribution in [3.63, 3.8) is 0 Å². The Kier molecular flexibility index (Phi) is 6.52. The van der Waals surface area contributed by atoms with Gasteiger partial charge in [-0.05, 0) is 24.1 Å². The lowest BCUT2D eigenvalue weighted by Gasteiger charge is -2.21. The van der Waals surface area contributed by atoms with E-state index in [4.69, 9.17) is 5.73 Å². The summed E-state index contributed by atoms with van der Waals surface area (Å²) in [5, 5.41) is 5.29. The average molecular weight is 278 g/mol. The van der Waals surface area contributed by atoms with Crippen LogP contribution in [0.2, 0.25) is 0 Å². The summed E-state index contributed by atoms with van der Waals surface area (Å²) in [4.78, 5) is 25.0. The van der Waals surface area contributed by atoms with Crippen LogP contribution in [0.5, 0.6) is 0 Å². The summed E-state index contributed by atoms with van der Waals surface area (Å²) in [5.41, 5.74) is 7.20. The Balaban J connectivity index is 2.66. The molecule has 0 atom stereocenters. The molecule has 0 aliphatic heterocycles. The molecule has 0 saturated carbocycles. The maximum Gasteiger partial charge on any atom is 0.322 e. The van der Waals surface area contributed by atoms with Crippen LogP contribution < -0.4 is 16.4 Å². The van der Waals surface area contributed by atoms with E-state index in [9.17, 15) is 9.59 Å². The summed E-state index contributed by atoms with van der Waals surface area (Å²) in [6, 6.07) is 7.03. The molecule has 3 amide bonds. The molecule has 6 heteroatoms. The number of carbonyl (C=O) groups excluding carboxylic acids is 2. The second kappa shape index (κ2) is 8.16. The van der Waals surface area contributed by atoms with Gasteiger partial charge < -0.3 is 21.3 Å². The van der Waals surface area contributed by atoms with Crippen LogP contribution in [-0.2, 0) is 11.3 Å². The summed E-state index contributed by atoms with van der Waals surface area (Å²) >= 11 is 0. The van der Waals surface area contributed by atoms with Crippen LogP contribution >= 0.6 is 0 Å². The molecule has 0 unspecified atom stereocenters. The summed E-state index contributed by atoms with van der Waals surface area (Å²) < 4.78 is 0. The number of nitrogens with two attached hydrogens (primary N) is 1. The molecule has 4 N–H and O–H groups in total. The lowest BCUT2D eigenvalue weighted by atomic mass is 10.2. The predicted octanol–water partition coefficient (Wildman–Crippen LogP) is 1.14. The molecule has 0 bridgehead atoms. The number of carbonyl (C=O) groups is 2. The van der Waals surface area contributed by atoms with E-state index in [1.54, 1.807) is 19.2 Å². The molecule has 20 heavy (non-hydrogen) atoms. The second-order valence-corrected chi connectivity index (χ2v) is 4.43. The first-order valence-corrected chi connectivity index (χ1v) is 6.66. The highest BCUT2D eigenvalue weighted by Gasteiger charge is 2.15. The van der Waals surface area contributed by atoms with Gasteiger partial charge in [0.25, 0.3) is 0 Å². The molecule has 110 valence electrons. The van der Waals surface area contributed by atoms with Crippen LogP contribution in [-0.4, -0.2) is 37.0 Å². The Hall–Kier alpha value is -2.08. The number of amides is 3. The summed E-state index contributed by atoms with van der Waals surface area (Å²) in [5.74, 6) is -0.188. The molecule has 1 rings (SSSR count). The highest BCUT2D eigenvalue weighted by Crippen LogP contribution is 2.10. The SMILES string of the molecule is CCCN(CC(=O)NC)C(=O)Nc1ccc(CN)cc1. The van der Waals surface area contributed by atoms with Gasteiger partial charge in [0.15, 0.2) is 0 Å². The highest BCUT2D eigenvalue weighted by atomic mass is 16.2. The Bertz CT molecular complexity index is 445. The standard InChI is InChI=1S/C14H22N4O2/c1-3-8-18(10-13(19)16-2)14(20)17-12-6-4-11(9-15)5-7-12/h4-7H,3,8-10,15H2,1-2H3,(H,16,19)(H,17,20). The van der Waals surface area contributed by atoms with Crippen molar-refractivity contribution in [3.05, 3.63) is 29.8 Å². The fraction of sp³-hybridized carbons (Fsp3) is 0.429. The Morgan fingerprint density at radius 2 is 1.90 bits per heavy atom. The summed E-state index contributed by atoms with van der Waals surface area (Å²) in [6.45, 7) is 3.00. The zero-order chi connectivity index (χ0) is 15.0. The van der Waals surface area contributed by atoms with Gasteiger partial charge in [0.1, 0.15) is 6.54 Å². The summed E-state index contributed by atoms with van der Waals surface area (Å²) in [6.07, 6.45) is 0.788. The number of likely N-dealkylation sites (N-methyl/N-ethyl adjacent to an activating group) is 1. The number of hydrogen-bond acceptors (Lipinski definition) is 3. The molecule has 0 aromatic heterocycles. The molecule has 6 nitrogen and oxygen atoms in total. The molecule has 1 aromatic carbocycles. The monoisotopic (exact) mass is 278 g/mol. The van der Waals surface area contributed by atoms with Crippen molar-refractivity contribution < 1.29 is 9.59 Å². The van der Waals surface area contributed by atoms with Crippen LogP contribution in [0.1, 0.15) is 18.9 Å². The van der Waals surface area contributed by atoms with Crippen LogP contribution in [0.3, 0.4) is 0 Å². The van der Waals surface area contributed by atoms with E-state index >= 15 is 0 Å². The Labute approximate surface area is 119 Å². The maximum absolute atomic E-state index is 12.1. The summed E-state index contributed by atoms with van der Waals surface area (Å²) in [7, 11) is 1.55. The minimum Gasteiger partial charge on any atom is -0.358 e. The van der Waals surface area contributed by atoms with E-state index in [-0.39, 0.29) is 18.5 Å². The van der Waals surface area contributed by atoms with Gasteiger partial charge in [-0.1, -0.05) is 19.1 Å². The van der Waals surface area contributed by atoms with Gasteiger partial charge >= 0.3 is 6.03 Å². The van der Waals surface area contributed by atoms with Crippen molar-refractivity contribution in [1.29, 1.82) is 0 Å². The molecule has 0 heterocycles. The third-order valence-corrected chi connectivity index (χ3v) is 2.83. The second-order valence-electron chi connectivity index (χ2n) is 4.43. The maximum atomic E-state index is 12.1. The number of urea groups is 1. The van der Waals surface area contributed by atoms with E-state index in [2.05, 4.69) is 10.6 Å². The normalized spacial score (nSPS) is 9.95. The fourth-order valence-corrected chi connectivity index (χ4v) is 1.70. The molecule has 0 aliphatic carbocycles. The molecule has 0 fully saturated rings. The van der Waals surface area contributed by atoms with Gasteiger partial charge in [-0.2, -0.15) is 0 Å². The molecule has 1 aromatic rings.